The largest absolute Gasteiger partial charge is 0.340 e. The van der Waals surface area contributed by atoms with Gasteiger partial charge in [-0.25, -0.2) is 17.5 Å². The lowest BCUT2D eigenvalue weighted by Crippen LogP contribution is -2.14. The zero-order valence-electron chi connectivity index (χ0n) is 17.0. The van der Waals surface area contributed by atoms with E-state index >= 15 is 0 Å². The molecule has 0 aliphatic heterocycles. The van der Waals surface area contributed by atoms with Crippen molar-refractivity contribution < 1.29 is 12.8 Å². The third-order valence-electron chi connectivity index (χ3n) is 4.91. The average Bonchev–Trinajstić information content (AvgIpc) is 3.40. The monoisotopic (exact) mass is 470 g/mol. The van der Waals surface area contributed by atoms with Crippen LogP contribution in [0.4, 0.5) is 21.0 Å². The summed E-state index contributed by atoms with van der Waals surface area (Å²) in [5.74, 6) is 0.112. The Hall–Kier alpha value is -3.31. The van der Waals surface area contributed by atoms with Gasteiger partial charge in [0.05, 0.1) is 11.4 Å². The predicted molar refractivity (Wildman–Crippen MR) is 121 cm³/mol. The van der Waals surface area contributed by atoms with Crippen LogP contribution >= 0.6 is 11.3 Å². The molecule has 0 amide bonds. The van der Waals surface area contributed by atoms with Gasteiger partial charge in [-0.1, -0.05) is 29.5 Å². The second-order valence-corrected chi connectivity index (χ2v) is 10.2. The molecular formula is C21H19FN6O2S2. The first-order valence-corrected chi connectivity index (χ1v) is 12.2. The zero-order chi connectivity index (χ0) is 22.3. The minimum atomic E-state index is -4.14. The van der Waals surface area contributed by atoms with E-state index in [-0.39, 0.29) is 5.13 Å². The van der Waals surface area contributed by atoms with Crippen molar-refractivity contribution in [1.29, 1.82) is 0 Å². The summed E-state index contributed by atoms with van der Waals surface area (Å²) in [5, 5.41) is 16.4. The number of aromatic nitrogens is 4. The van der Waals surface area contributed by atoms with Gasteiger partial charge in [0.1, 0.15) is 21.5 Å². The number of sulfonamides is 1. The number of nitrogens with zero attached hydrogens (tertiary/aromatic N) is 4. The van der Waals surface area contributed by atoms with Gasteiger partial charge in [0.2, 0.25) is 5.13 Å². The van der Waals surface area contributed by atoms with E-state index in [9.17, 15) is 12.8 Å². The summed E-state index contributed by atoms with van der Waals surface area (Å²) >= 11 is 1.18. The van der Waals surface area contributed by atoms with Crippen LogP contribution in [0, 0.1) is 12.7 Å². The number of benzene rings is 2. The third-order valence-corrected chi connectivity index (χ3v) is 7.42. The molecule has 2 aromatic carbocycles. The normalized spacial score (nSPS) is 13.8. The van der Waals surface area contributed by atoms with Crippen LogP contribution in [0.15, 0.2) is 59.5 Å². The van der Waals surface area contributed by atoms with E-state index in [1.165, 1.54) is 23.5 Å². The number of anilines is 3. The quantitative estimate of drug-likeness (QED) is 0.410. The molecule has 1 saturated carbocycles. The fourth-order valence-electron chi connectivity index (χ4n) is 3.24. The van der Waals surface area contributed by atoms with Gasteiger partial charge in [-0.15, -0.1) is 10.2 Å². The SMILES string of the molecule is Cc1cc(Nc2ccc(S(=O)(=O)Nc3nnc(C4CC4)s3)c(F)c2)n(-c2ccccc2)n1. The van der Waals surface area contributed by atoms with Gasteiger partial charge in [-0.2, -0.15) is 5.10 Å². The molecule has 1 fully saturated rings. The maximum atomic E-state index is 14.8. The zero-order valence-corrected chi connectivity index (χ0v) is 18.6. The second kappa shape index (κ2) is 7.99. The Balaban J connectivity index is 1.38. The lowest BCUT2D eigenvalue weighted by atomic mass is 10.3. The van der Waals surface area contributed by atoms with Gasteiger partial charge in [-0.05, 0) is 50.1 Å². The molecule has 0 atom stereocenters. The Morgan fingerprint density at radius 3 is 2.59 bits per heavy atom. The molecule has 11 heteroatoms. The summed E-state index contributed by atoms with van der Waals surface area (Å²) in [5.41, 5.74) is 2.02. The van der Waals surface area contributed by atoms with Gasteiger partial charge in [0.15, 0.2) is 0 Å². The number of rotatable bonds is 7. The van der Waals surface area contributed by atoms with Crippen LogP contribution in [0.3, 0.4) is 0 Å². The first-order chi connectivity index (χ1) is 15.4. The lowest BCUT2D eigenvalue weighted by molar-refractivity contribution is 0.570. The van der Waals surface area contributed by atoms with Crippen LogP contribution < -0.4 is 10.0 Å². The average molecular weight is 471 g/mol. The molecule has 164 valence electrons. The van der Waals surface area contributed by atoms with Crippen molar-refractivity contribution >= 4 is 38.0 Å². The van der Waals surface area contributed by atoms with Crippen LogP contribution in [0.2, 0.25) is 0 Å². The van der Waals surface area contributed by atoms with Gasteiger partial charge in [0.25, 0.3) is 10.0 Å². The Bertz CT molecular complexity index is 1380. The van der Waals surface area contributed by atoms with Crippen LogP contribution in [0.5, 0.6) is 0 Å². The molecule has 0 radical (unpaired) electrons. The van der Waals surface area contributed by atoms with E-state index in [0.29, 0.717) is 17.4 Å². The van der Waals surface area contributed by atoms with Gasteiger partial charge < -0.3 is 5.32 Å². The van der Waals surface area contributed by atoms with Crippen LogP contribution in [-0.2, 0) is 10.0 Å². The van der Waals surface area contributed by atoms with E-state index in [1.807, 2.05) is 43.3 Å². The molecule has 2 N–H and O–H groups in total. The van der Waals surface area contributed by atoms with Crippen molar-refractivity contribution in [3.63, 3.8) is 0 Å². The molecule has 32 heavy (non-hydrogen) atoms. The van der Waals surface area contributed by atoms with Gasteiger partial charge in [0, 0.05) is 17.7 Å². The molecule has 2 aromatic heterocycles. The van der Waals surface area contributed by atoms with Gasteiger partial charge in [-0.3, -0.25) is 4.72 Å². The van der Waals surface area contributed by atoms with Gasteiger partial charge >= 0.3 is 0 Å². The highest BCUT2D eigenvalue weighted by atomic mass is 32.2. The number of para-hydroxylation sites is 1. The third kappa shape index (κ3) is 4.21. The van der Waals surface area contributed by atoms with Crippen LogP contribution in [0.25, 0.3) is 5.69 Å². The number of halogens is 1. The van der Waals surface area contributed by atoms with Crippen molar-refractivity contribution in [3.8, 4) is 5.69 Å². The molecule has 4 aromatic rings. The molecule has 1 aliphatic carbocycles. The van der Waals surface area contributed by atoms with Crippen molar-refractivity contribution in [2.75, 3.05) is 10.0 Å². The number of hydrogen-bond acceptors (Lipinski definition) is 7. The first kappa shape index (κ1) is 20.6. The first-order valence-electron chi connectivity index (χ1n) is 9.94. The Kier molecular flexibility index (Phi) is 5.14. The Morgan fingerprint density at radius 2 is 1.88 bits per heavy atom. The molecule has 5 rings (SSSR count). The maximum Gasteiger partial charge on any atom is 0.266 e. The summed E-state index contributed by atoms with van der Waals surface area (Å²) in [6.07, 6.45) is 2.07. The number of hydrogen-bond donors (Lipinski definition) is 2. The highest BCUT2D eigenvalue weighted by Gasteiger charge is 2.29. The molecule has 0 saturated heterocycles. The molecule has 8 nitrogen and oxygen atoms in total. The van der Waals surface area contributed by atoms with E-state index in [0.717, 1.165) is 35.3 Å². The van der Waals surface area contributed by atoms with Crippen molar-refractivity contribution in [2.45, 2.75) is 30.6 Å². The standard InChI is InChI=1S/C21H19FN6O2S2/c1-13-11-19(28(26-13)16-5-3-2-4-6-16)23-15-9-10-18(17(22)12-15)32(29,30)27-21-25-24-20(31-21)14-7-8-14/h2-6,9-12,14,23H,7-8H2,1H3,(H,25,27). The second-order valence-electron chi connectivity index (χ2n) is 7.51. The van der Waals surface area contributed by atoms with E-state index in [4.69, 9.17) is 0 Å². The smallest absolute Gasteiger partial charge is 0.266 e. The molecule has 0 spiro atoms. The summed E-state index contributed by atoms with van der Waals surface area (Å²) in [4.78, 5) is -0.459. The Morgan fingerprint density at radius 1 is 1.09 bits per heavy atom. The minimum Gasteiger partial charge on any atom is -0.340 e. The predicted octanol–water partition coefficient (Wildman–Crippen LogP) is 4.59. The van der Waals surface area contributed by atoms with Crippen molar-refractivity contribution in [1.82, 2.24) is 20.0 Å². The van der Waals surface area contributed by atoms with Crippen molar-refractivity contribution in [3.05, 3.63) is 71.1 Å². The molecule has 0 bridgehead atoms. The highest BCUT2D eigenvalue weighted by Crippen LogP contribution is 2.42. The summed E-state index contributed by atoms with van der Waals surface area (Å²) in [6, 6.07) is 15.2. The topological polar surface area (TPSA) is 102 Å². The summed E-state index contributed by atoms with van der Waals surface area (Å²) in [7, 11) is -4.14. The van der Waals surface area contributed by atoms with Crippen LogP contribution in [-0.4, -0.2) is 28.4 Å². The van der Waals surface area contributed by atoms with E-state index in [2.05, 4.69) is 25.3 Å². The highest BCUT2D eigenvalue weighted by molar-refractivity contribution is 7.93. The summed E-state index contributed by atoms with van der Waals surface area (Å²) in [6.45, 7) is 1.86. The number of aryl methyl sites for hydroxylation is 1. The fraction of sp³-hybridized carbons (Fsp3) is 0.190. The van der Waals surface area contributed by atoms with E-state index in [1.54, 1.807) is 4.68 Å². The van der Waals surface area contributed by atoms with Crippen molar-refractivity contribution in [2.24, 2.45) is 0 Å². The lowest BCUT2D eigenvalue weighted by Gasteiger charge is -2.11. The molecule has 0 unspecified atom stereocenters. The number of nitrogens with one attached hydrogen (secondary N) is 2. The minimum absolute atomic E-state index is 0.135. The maximum absolute atomic E-state index is 14.8. The van der Waals surface area contributed by atoms with E-state index < -0.39 is 20.7 Å². The summed E-state index contributed by atoms with van der Waals surface area (Å²) < 4.78 is 44.2. The molecular weight excluding hydrogens is 451 g/mol. The Labute approximate surface area is 188 Å². The fourth-order valence-corrected chi connectivity index (χ4v) is 5.44. The van der Waals surface area contributed by atoms with Crippen LogP contribution in [0.1, 0.15) is 29.5 Å². The molecule has 1 aliphatic rings. The molecule has 2 heterocycles.